The SMILES string of the molecule is CC(Sc1ccc(NC(=O)c2ccccc2F)cc1)C(=O)Nc1c(F)c(F)cc(F)c1F. The van der Waals surface area contributed by atoms with E-state index in [4.69, 9.17) is 0 Å². The van der Waals surface area contributed by atoms with E-state index in [-0.39, 0.29) is 11.6 Å². The molecule has 0 aliphatic carbocycles. The van der Waals surface area contributed by atoms with Gasteiger partial charge in [0.1, 0.15) is 11.5 Å². The molecule has 0 heterocycles. The van der Waals surface area contributed by atoms with Crippen molar-refractivity contribution in [2.24, 2.45) is 0 Å². The van der Waals surface area contributed by atoms with Crippen molar-refractivity contribution in [3.63, 3.8) is 0 Å². The first kappa shape index (κ1) is 23.3. The van der Waals surface area contributed by atoms with Gasteiger partial charge in [-0.2, -0.15) is 0 Å². The first-order valence-corrected chi connectivity index (χ1v) is 10.0. The van der Waals surface area contributed by atoms with Gasteiger partial charge < -0.3 is 10.6 Å². The molecule has 0 saturated carbocycles. The summed E-state index contributed by atoms with van der Waals surface area (Å²) in [5.74, 6) is -8.85. The van der Waals surface area contributed by atoms with Crippen molar-refractivity contribution in [3.05, 3.63) is 89.2 Å². The zero-order chi connectivity index (χ0) is 23.4. The van der Waals surface area contributed by atoms with E-state index in [2.05, 4.69) is 5.32 Å². The van der Waals surface area contributed by atoms with Crippen LogP contribution in [-0.2, 0) is 4.79 Å². The van der Waals surface area contributed by atoms with Crippen LogP contribution < -0.4 is 10.6 Å². The standard InChI is InChI=1S/C22H15F5N2O2S/c1-11(21(30)29-20-18(26)16(24)10-17(25)19(20)27)32-13-8-6-12(7-9-13)28-22(31)14-4-2-3-5-15(14)23/h2-11H,1H3,(H,28,31)(H,29,30). The van der Waals surface area contributed by atoms with Crippen LogP contribution in [0, 0.1) is 29.1 Å². The third kappa shape index (κ3) is 5.25. The molecule has 2 N–H and O–H groups in total. The zero-order valence-corrected chi connectivity index (χ0v) is 17.2. The van der Waals surface area contributed by atoms with Crippen molar-refractivity contribution in [1.82, 2.24) is 0 Å². The van der Waals surface area contributed by atoms with Gasteiger partial charge in [-0.1, -0.05) is 12.1 Å². The summed E-state index contributed by atoms with van der Waals surface area (Å²) in [6.45, 7) is 1.43. The van der Waals surface area contributed by atoms with Gasteiger partial charge in [-0.05, 0) is 43.3 Å². The number of halogens is 5. The summed E-state index contributed by atoms with van der Waals surface area (Å²) in [5, 5.41) is 3.51. The lowest BCUT2D eigenvalue weighted by Gasteiger charge is -2.14. The quantitative estimate of drug-likeness (QED) is 0.276. The molecule has 0 aliphatic rings. The number of rotatable bonds is 6. The van der Waals surface area contributed by atoms with Crippen LogP contribution in [0.25, 0.3) is 0 Å². The molecule has 3 aromatic rings. The van der Waals surface area contributed by atoms with E-state index >= 15 is 0 Å². The zero-order valence-electron chi connectivity index (χ0n) is 16.4. The van der Waals surface area contributed by atoms with Crippen LogP contribution in [0.5, 0.6) is 0 Å². The molecule has 0 aromatic heterocycles. The summed E-state index contributed by atoms with van der Waals surface area (Å²) in [6, 6.07) is 11.7. The van der Waals surface area contributed by atoms with Crippen LogP contribution in [0.2, 0.25) is 0 Å². The van der Waals surface area contributed by atoms with Crippen molar-refractivity contribution >= 4 is 35.0 Å². The van der Waals surface area contributed by atoms with Crippen molar-refractivity contribution in [1.29, 1.82) is 0 Å². The van der Waals surface area contributed by atoms with E-state index in [1.54, 1.807) is 12.1 Å². The van der Waals surface area contributed by atoms with Crippen LogP contribution in [0.4, 0.5) is 33.3 Å². The molecule has 166 valence electrons. The molecule has 0 fully saturated rings. The fourth-order valence-electron chi connectivity index (χ4n) is 2.63. The fourth-order valence-corrected chi connectivity index (χ4v) is 3.49. The number of anilines is 2. The maximum absolute atomic E-state index is 13.7. The van der Waals surface area contributed by atoms with Crippen LogP contribution in [-0.4, -0.2) is 17.1 Å². The molecule has 4 nitrogen and oxygen atoms in total. The molecule has 3 rings (SSSR count). The van der Waals surface area contributed by atoms with E-state index in [0.717, 1.165) is 17.8 Å². The number of carbonyl (C=O) groups is 2. The summed E-state index contributed by atoms with van der Waals surface area (Å²) >= 11 is 1.00. The molecule has 3 aromatic carbocycles. The molecular formula is C22H15F5N2O2S. The largest absolute Gasteiger partial charge is 0.322 e. The average molecular weight is 466 g/mol. The number of hydrogen-bond acceptors (Lipinski definition) is 3. The normalized spacial score (nSPS) is 11.7. The van der Waals surface area contributed by atoms with Gasteiger partial charge in [-0.3, -0.25) is 9.59 Å². The van der Waals surface area contributed by atoms with Gasteiger partial charge in [0, 0.05) is 16.6 Å². The highest BCUT2D eigenvalue weighted by atomic mass is 32.2. The highest BCUT2D eigenvalue weighted by Crippen LogP contribution is 2.28. The third-order valence-corrected chi connectivity index (χ3v) is 5.38. The second-order valence-electron chi connectivity index (χ2n) is 6.55. The Morgan fingerprint density at radius 2 is 1.41 bits per heavy atom. The van der Waals surface area contributed by atoms with Gasteiger partial charge in [0.05, 0.1) is 10.8 Å². The Labute approximate surface area is 183 Å². The Hall–Kier alpha value is -3.40. The number of thioether (sulfide) groups is 1. The lowest BCUT2D eigenvalue weighted by Crippen LogP contribution is -2.24. The highest BCUT2D eigenvalue weighted by Gasteiger charge is 2.23. The van der Waals surface area contributed by atoms with Crippen LogP contribution in [0.1, 0.15) is 17.3 Å². The number of amides is 2. The van der Waals surface area contributed by atoms with Gasteiger partial charge in [0.15, 0.2) is 23.3 Å². The number of hydrogen-bond donors (Lipinski definition) is 2. The number of nitrogens with one attached hydrogen (secondary N) is 2. The molecule has 1 atom stereocenters. The Kier molecular flexibility index (Phi) is 7.14. The molecule has 0 bridgehead atoms. The van der Waals surface area contributed by atoms with Crippen LogP contribution in [0.3, 0.4) is 0 Å². The Balaban J connectivity index is 1.64. The van der Waals surface area contributed by atoms with E-state index in [1.807, 2.05) is 5.32 Å². The van der Waals surface area contributed by atoms with Gasteiger partial charge in [-0.25, -0.2) is 22.0 Å². The topological polar surface area (TPSA) is 58.2 Å². The van der Waals surface area contributed by atoms with Crippen LogP contribution >= 0.6 is 11.8 Å². The Morgan fingerprint density at radius 3 is 2.00 bits per heavy atom. The van der Waals surface area contributed by atoms with Crippen molar-refractivity contribution < 1.29 is 31.5 Å². The minimum absolute atomic E-state index is 0.0466. The molecular weight excluding hydrogens is 451 g/mol. The van der Waals surface area contributed by atoms with Crippen molar-refractivity contribution in [2.75, 3.05) is 10.6 Å². The first-order valence-electron chi connectivity index (χ1n) is 9.14. The summed E-state index contributed by atoms with van der Waals surface area (Å²) in [6.07, 6.45) is 0. The molecule has 32 heavy (non-hydrogen) atoms. The second-order valence-corrected chi connectivity index (χ2v) is 7.97. The van der Waals surface area contributed by atoms with E-state index in [1.165, 1.54) is 37.3 Å². The Morgan fingerprint density at radius 1 is 0.812 bits per heavy atom. The average Bonchev–Trinajstić information content (AvgIpc) is 2.76. The third-order valence-electron chi connectivity index (χ3n) is 4.27. The summed E-state index contributed by atoms with van der Waals surface area (Å²) in [5.41, 5.74) is -0.949. The van der Waals surface area contributed by atoms with Crippen molar-refractivity contribution in [2.45, 2.75) is 17.1 Å². The van der Waals surface area contributed by atoms with E-state index in [9.17, 15) is 31.5 Å². The second kappa shape index (κ2) is 9.82. The summed E-state index contributed by atoms with van der Waals surface area (Å²) in [7, 11) is 0. The molecule has 10 heteroatoms. The Bertz CT molecular complexity index is 1150. The molecule has 0 saturated heterocycles. The fraction of sp³-hybridized carbons (Fsp3) is 0.0909. The lowest BCUT2D eigenvalue weighted by atomic mass is 10.2. The molecule has 0 spiro atoms. The smallest absolute Gasteiger partial charge is 0.258 e. The van der Waals surface area contributed by atoms with Gasteiger partial charge in [0.2, 0.25) is 5.91 Å². The minimum Gasteiger partial charge on any atom is -0.322 e. The monoisotopic (exact) mass is 466 g/mol. The first-order chi connectivity index (χ1) is 15.2. The van der Waals surface area contributed by atoms with Crippen LogP contribution in [0.15, 0.2) is 59.5 Å². The van der Waals surface area contributed by atoms with Gasteiger partial charge in [-0.15, -0.1) is 11.8 Å². The maximum atomic E-state index is 13.7. The maximum Gasteiger partial charge on any atom is 0.258 e. The van der Waals surface area contributed by atoms with E-state index < -0.39 is 51.8 Å². The number of benzene rings is 3. The highest BCUT2D eigenvalue weighted by molar-refractivity contribution is 8.00. The predicted molar refractivity (Wildman–Crippen MR) is 111 cm³/mol. The molecule has 0 radical (unpaired) electrons. The summed E-state index contributed by atoms with van der Waals surface area (Å²) < 4.78 is 67.7. The summed E-state index contributed by atoms with van der Waals surface area (Å²) in [4.78, 5) is 24.9. The molecule has 1 unspecified atom stereocenters. The molecule has 0 aliphatic heterocycles. The van der Waals surface area contributed by atoms with Gasteiger partial charge in [0.25, 0.3) is 5.91 Å². The molecule has 2 amide bonds. The number of carbonyl (C=O) groups excluding carboxylic acids is 2. The minimum atomic E-state index is -1.70. The van der Waals surface area contributed by atoms with Gasteiger partial charge >= 0.3 is 0 Å². The predicted octanol–water partition coefficient (Wildman–Crippen LogP) is 5.75. The van der Waals surface area contributed by atoms with E-state index in [0.29, 0.717) is 10.6 Å². The lowest BCUT2D eigenvalue weighted by molar-refractivity contribution is -0.115. The van der Waals surface area contributed by atoms with Crippen molar-refractivity contribution in [3.8, 4) is 0 Å².